The zero-order valence-corrected chi connectivity index (χ0v) is 26.6. The van der Waals surface area contributed by atoms with Gasteiger partial charge < -0.3 is 0 Å². The topological polar surface area (TPSA) is 29.6 Å². The number of aliphatic imine (C=N–C) groups is 2. The van der Waals surface area contributed by atoms with E-state index in [1.807, 2.05) is 47.8 Å². The average molecular weight is 628 g/mol. The van der Waals surface area contributed by atoms with Crippen molar-refractivity contribution in [3.8, 4) is 11.1 Å². The lowest BCUT2D eigenvalue weighted by Gasteiger charge is -2.19. The molecule has 0 radical (unpaired) electrons. The maximum absolute atomic E-state index is 5.28. The van der Waals surface area contributed by atoms with Gasteiger partial charge in [0, 0.05) is 42.0 Å². The van der Waals surface area contributed by atoms with E-state index in [-0.39, 0.29) is 0 Å². The number of allylic oxidation sites excluding steroid dienone is 1. The van der Waals surface area contributed by atoms with Gasteiger partial charge >= 0.3 is 0 Å². The zero-order valence-electron chi connectivity index (χ0n) is 25.0. The molecule has 0 bridgehead atoms. The Hall–Kier alpha value is -5.10. The molecule has 0 spiro atoms. The summed E-state index contributed by atoms with van der Waals surface area (Å²) in [6.45, 7) is 4.49. The first-order chi connectivity index (χ1) is 22.8. The van der Waals surface area contributed by atoms with Crippen molar-refractivity contribution in [2.45, 2.75) is 26.1 Å². The lowest BCUT2D eigenvalue weighted by atomic mass is 10.0. The van der Waals surface area contributed by atoms with Gasteiger partial charge in [0.25, 0.3) is 0 Å². The van der Waals surface area contributed by atoms with Gasteiger partial charge in [0.1, 0.15) is 5.84 Å². The van der Waals surface area contributed by atoms with Gasteiger partial charge in [0.15, 0.2) is 0 Å². The molecule has 220 valence electrons. The van der Waals surface area contributed by atoms with E-state index >= 15 is 0 Å². The molecule has 5 heteroatoms. The molecule has 8 rings (SSSR count). The summed E-state index contributed by atoms with van der Waals surface area (Å²) in [5.74, 6) is 0.816. The fraction of sp³-hybridized carbons (Fsp3) is 0.0244. The van der Waals surface area contributed by atoms with Crippen molar-refractivity contribution in [3.05, 3.63) is 163 Å². The number of benzene rings is 6. The molecular formula is C41H29N3S2. The molecule has 6 aromatic carbocycles. The number of fused-ring (bicyclic) bond motifs is 6. The fourth-order valence-electron chi connectivity index (χ4n) is 6.03. The third kappa shape index (κ3) is 5.28. The quantitative estimate of drug-likeness (QED) is 0.136. The van der Waals surface area contributed by atoms with Crippen LogP contribution in [0.2, 0.25) is 0 Å². The Labute approximate surface area is 277 Å². The molecule has 7 aromatic rings. The molecule has 0 saturated carbocycles. The summed E-state index contributed by atoms with van der Waals surface area (Å²) < 4.78 is 2.31. The van der Waals surface area contributed by atoms with Crippen LogP contribution < -0.4 is 0 Å². The molecule has 0 N–H and O–H groups in total. The highest BCUT2D eigenvalue weighted by Gasteiger charge is 2.24. The molecule has 2 heterocycles. The number of hydrogen-bond donors (Lipinski definition) is 0. The average Bonchev–Trinajstić information content (AvgIpc) is 3.46. The van der Waals surface area contributed by atoms with Crippen LogP contribution in [-0.2, 0) is 6.54 Å². The molecule has 1 aliphatic heterocycles. The van der Waals surface area contributed by atoms with Crippen LogP contribution in [0.15, 0.2) is 181 Å². The molecular weight excluding hydrogens is 599 g/mol. The first kappa shape index (κ1) is 28.4. The maximum atomic E-state index is 5.28. The van der Waals surface area contributed by atoms with E-state index in [1.54, 1.807) is 0 Å². The van der Waals surface area contributed by atoms with E-state index in [4.69, 9.17) is 4.99 Å². The van der Waals surface area contributed by atoms with Crippen LogP contribution in [0.4, 0.5) is 0 Å². The number of aromatic nitrogens is 1. The monoisotopic (exact) mass is 627 g/mol. The van der Waals surface area contributed by atoms with Crippen molar-refractivity contribution in [1.29, 1.82) is 0 Å². The molecule has 3 nitrogen and oxygen atoms in total. The van der Waals surface area contributed by atoms with Crippen molar-refractivity contribution < 1.29 is 0 Å². The van der Waals surface area contributed by atoms with Crippen molar-refractivity contribution in [3.63, 3.8) is 0 Å². The third-order valence-corrected chi connectivity index (χ3v) is 10.8. The SMILES string of the molecule is C=N/C(=C\C(=NCc1ccccc1)n1c2ccc(-c3ccccc3)cc2c2c3c(ccc21)Sc1ccccc1S3)c1ccccc1. The van der Waals surface area contributed by atoms with Crippen molar-refractivity contribution >= 4 is 63.6 Å². The minimum absolute atomic E-state index is 0.540. The van der Waals surface area contributed by atoms with Crippen molar-refractivity contribution in [2.24, 2.45) is 9.98 Å². The second-order valence-corrected chi connectivity index (χ2v) is 13.2. The highest BCUT2D eigenvalue weighted by atomic mass is 32.2. The number of rotatable bonds is 6. The Morgan fingerprint density at radius 3 is 2.02 bits per heavy atom. The second-order valence-electron chi connectivity index (χ2n) is 11.1. The van der Waals surface area contributed by atoms with Gasteiger partial charge in [-0.3, -0.25) is 14.6 Å². The van der Waals surface area contributed by atoms with E-state index < -0.39 is 0 Å². The lowest BCUT2D eigenvalue weighted by molar-refractivity contribution is 1.04. The van der Waals surface area contributed by atoms with Crippen LogP contribution in [0.3, 0.4) is 0 Å². The Morgan fingerprint density at radius 2 is 1.28 bits per heavy atom. The number of hydrogen-bond acceptors (Lipinski definition) is 4. The first-order valence-electron chi connectivity index (χ1n) is 15.2. The van der Waals surface area contributed by atoms with Crippen LogP contribution in [0, 0.1) is 0 Å². The normalized spacial score (nSPS) is 13.0. The number of nitrogens with zero attached hydrogens (tertiary/aromatic N) is 3. The molecule has 1 aliphatic rings. The predicted molar refractivity (Wildman–Crippen MR) is 197 cm³/mol. The van der Waals surface area contributed by atoms with Gasteiger partial charge in [-0.1, -0.05) is 133 Å². The van der Waals surface area contributed by atoms with E-state index in [9.17, 15) is 0 Å². The molecule has 0 unspecified atom stereocenters. The van der Waals surface area contributed by atoms with Crippen molar-refractivity contribution in [1.82, 2.24) is 4.57 Å². The largest absolute Gasteiger partial charge is 0.294 e. The zero-order chi connectivity index (χ0) is 30.9. The molecule has 0 aliphatic carbocycles. The highest BCUT2D eigenvalue weighted by molar-refractivity contribution is 8.05. The van der Waals surface area contributed by atoms with Gasteiger partial charge in [-0.2, -0.15) is 0 Å². The summed E-state index contributed by atoms with van der Waals surface area (Å²) in [5.41, 5.74) is 7.53. The van der Waals surface area contributed by atoms with Crippen LogP contribution in [-0.4, -0.2) is 17.1 Å². The van der Waals surface area contributed by atoms with Crippen LogP contribution >= 0.6 is 23.5 Å². The summed E-state index contributed by atoms with van der Waals surface area (Å²) in [5, 5.41) is 2.44. The molecule has 0 fully saturated rings. The van der Waals surface area contributed by atoms with Gasteiger partial charge in [-0.15, -0.1) is 0 Å². The summed E-state index contributed by atoms with van der Waals surface area (Å²) in [4.78, 5) is 14.9. The van der Waals surface area contributed by atoms with Crippen molar-refractivity contribution in [2.75, 3.05) is 0 Å². The summed E-state index contributed by atoms with van der Waals surface area (Å²) in [6, 6.07) is 51.2. The molecule has 46 heavy (non-hydrogen) atoms. The van der Waals surface area contributed by atoms with Gasteiger partial charge in [-0.25, -0.2) is 0 Å². The maximum Gasteiger partial charge on any atom is 0.135 e. The Kier molecular flexibility index (Phi) is 7.62. The van der Waals surface area contributed by atoms with Gasteiger partial charge in [0.2, 0.25) is 0 Å². The molecule has 0 saturated heterocycles. The van der Waals surface area contributed by atoms with Gasteiger partial charge in [-0.05, 0) is 59.8 Å². The molecule has 0 atom stereocenters. The van der Waals surface area contributed by atoms with E-state index in [0.717, 1.165) is 33.7 Å². The highest BCUT2D eigenvalue weighted by Crippen LogP contribution is 2.52. The standard InChI is InChI=1S/C41H29N3S2/c1-42-33(30-17-9-4-10-18-30)26-39(43-27-28-13-5-2-6-14-28)44-34-22-21-31(29-15-7-3-8-16-29)25-32(34)40-35(44)23-24-38-41(40)46-37-20-12-11-19-36(37)45-38/h2-26H,1,27H2/b33-26-,43-39?. The smallest absolute Gasteiger partial charge is 0.135 e. The van der Waals surface area contributed by atoms with E-state index in [0.29, 0.717) is 6.54 Å². The van der Waals surface area contributed by atoms with E-state index in [2.05, 4.69) is 144 Å². The van der Waals surface area contributed by atoms with E-state index in [1.165, 1.54) is 41.5 Å². The molecule has 1 aromatic heterocycles. The van der Waals surface area contributed by atoms with Crippen LogP contribution in [0.5, 0.6) is 0 Å². The Balaban J connectivity index is 1.41. The third-order valence-electron chi connectivity index (χ3n) is 8.24. The minimum Gasteiger partial charge on any atom is -0.294 e. The summed E-state index contributed by atoms with van der Waals surface area (Å²) in [7, 11) is 0. The first-order valence-corrected chi connectivity index (χ1v) is 16.8. The van der Waals surface area contributed by atoms with Gasteiger partial charge in [0.05, 0.1) is 23.3 Å². The minimum atomic E-state index is 0.540. The fourth-order valence-corrected chi connectivity index (χ4v) is 8.44. The second kappa shape index (κ2) is 12.4. The van der Waals surface area contributed by atoms with Crippen LogP contribution in [0.25, 0.3) is 38.6 Å². The summed E-state index contributed by atoms with van der Waals surface area (Å²) in [6.07, 6.45) is 2.08. The Morgan fingerprint density at radius 1 is 0.630 bits per heavy atom. The Bertz CT molecular complexity index is 2290. The summed E-state index contributed by atoms with van der Waals surface area (Å²) >= 11 is 3.71. The lowest BCUT2D eigenvalue weighted by Crippen LogP contribution is -2.10. The molecule has 0 amide bonds. The predicted octanol–water partition coefficient (Wildman–Crippen LogP) is 11.3. The van der Waals surface area contributed by atoms with Crippen LogP contribution in [0.1, 0.15) is 11.1 Å².